The third-order valence-electron chi connectivity index (χ3n) is 2.23. The van der Waals surface area contributed by atoms with Gasteiger partial charge in [-0.25, -0.2) is 5.01 Å². The average molecular weight is 168 g/mol. The lowest BCUT2D eigenvalue weighted by molar-refractivity contribution is -0.130. The van der Waals surface area contributed by atoms with Crippen molar-refractivity contribution in [2.75, 3.05) is 0 Å². The molecule has 68 valence electrons. The highest BCUT2D eigenvalue weighted by Gasteiger charge is 2.26. The van der Waals surface area contributed by atoms with Crippen molar-refractivity contribution in [1.29, 1.82) is 0 Å². The molecule has 0 aliphatic carbocycles. The summed E-state index contributed by atoms with van der Waals surface area (Å²) in [5, 5.41) is 5.86. The first-order chi connectivity index (χ1) is 5.69. The lowest BCUT2D eigenvalue weighted by Crippen LogP contribution is -2.31. The second-order valence-corrected chi connectivity index (χ2v) is 3.22. The van der Waals surface area contributed by atoms with Gasteiger partial charge in [-0.15, -0.1) is 0 Å². The van der Waals surface area contributed by atoms with Crippen LogP contribution in [0.2, 0.25) is 0 Å². The molecular weight excluding hydrogens is 152 g/mol. The fraction of sp³-hybridized carbons (Fsp3) is 0.778. The van der Waals surface area contributed by atoms with Crippen molar-refractivity contribution in [3.05, 3.63) is 0 Å². The van der Waals surface area contributed by atoms with Crippen LogP contribution in [0, 0.1) is 0 Å². The molecule has 0 aromatic heterocycles. The van der Waals surface area contributed by atoms with Gasteiger partial charge in [-0.05, 0) is 19.8 Å². The van der Waals surface area contributed by atoms with E-state index in [9.17, 15) is 4.79 Å². The number of nitrogens with zero attached hydrogens (tertiary/aromatic N) is 2. The van der Waals surface area contributed by atoms with Crippen LogP contribution in [-0.2, 0) is 4.79 Å². The number of hydrazone groups is 1. The molecule has 0 saturated heterocycles. The Hall–Kier alpha value is -0.860. The van der Waals surface area contributed by atoms with Crippen LogP contribution in [0.25, 0.3) is 0 Å². The van der Waals surface area contributed by atoms with Gasteiger partial charge < -0.3 is 0 Å². The number of carbonyl (C=O) groups is 1. The van der Waals surface area contributed by atoms with Crippen LogP contribution in [0.4, 0.5) is 0 Å². The summed E-state index contributed by atoms with van der Waals surface area (Å²) in [5.74, 6) is 0.154. The maximum atomic E-state index is 11.4. The summed E-state index contributed by atoms with van der Waals surface area (Å²) < 4.78 is 0. The van der Waals surface area contributed by atoms with Gasteiger partial charge in [0.2, 0.25) is 5.91 Å². The van der Waals surface area contributed by atoms with Crippen molar-refractivity contribution >= 4 is 11.6 Å². The van der Waals surface area contributed by atoms with Gasteiger partial charge in [0.25, 0.3) is 0 Å². The largest absolute Gasteiger partial charge is 0.273 e. The molecule has 1 heterocycles. The van der Waals surface area contributed by atoms with E-state index in [-0.39, 0.29) is 5.91 Å². The molecular formula is C9H16N2O. The summed E-state index contributed by atoms with van der Waals surface area (Å²) >= 11 is 0. The Morgan fingerprint density at radius 2 is 2.08 bits per heavy atom. The summed E-state index contributed by atoms with van der Waals surface area (Å²) in [4.78, 5) is 11.4. The first-order valence-electron chi connectivity index (χ1n) is 4.55. The summed E-state index contributed by atoms with van der Waals surface area (Å²) in [6.45, 7) is 6.08. The first-order valence-corrected chi connectivity index (χ1v) is 4.55. The van der Waals surface area contributed by atoms with Gasteiger partial charge in [0.15, 0.2) is 0 Å². The number of hydrogen-bond donors (Lipinski definition) is 0. The quantitative estimate of drug-likeness (QED) is 0.632. The van der Waals surface area contributed by atoms with Gasteiger partial charge in [0, 0.05) is 5.71 Å². The predicted molar refractivity (Wildman–Crippen MR) is 48.9 cm³/mol. The fourth-order valence-electron chi connectivity index (χ4n) is 1.49. The summed E-state index contributed by atoms with van der Waals surface area (Å²) in [6, 6.07) is 0.301. The molecule has 0 radical (unpaired) electrons. The molecule has 0 fully saturated rings. The van der Waals surface area contributed by atoms with E-state index in [0.717, 1.165) is 18.6 Å². The second-order valence-electron chi connectivity index (χ2n) is 3.22. The van der Waals surface area contributed by atoms with Gasteiger partial charge in [-0.1, -0.05) is 13.8 Å². The van der Waals surface area contributed by atoms with Crippen LogP contribution in [0.15, 0.2) is 5.10 Å². The molecule has 1 aliphatic heterocycles. The number of carbonyl (C=O) groups excluding carboxylic acids is 1. The summed E-state index contributed by atoms with van der Waals surface area (Å²) in [5.41, 5.74) is 0.937. The maximum absolute atomic E-state index is 11.4. The molecule has 12 heavy (non-hydrogen) atoms. The topological polar surface area (TPSA) is 32.7 Å². The molecule has 0 spiro atoms. The SMILES string of the molecule is CCC(CC)N1N=C(C)CC1=O. The van der Waals surface area contributed by atoms with Gasteiger partial charge in [0.1, 0.15) is 0 Å². The van der Waals surface area contributed by atoms with Crippen LogP contribution < -0.4 is 0 Å². The molecule has 0 unspecified atom stereocenters. The molecule has 0 saturated carbocycles. The lowest BCUT2D eigenvalue weighted by atomic mass is 10.1. The number of rotatable bonds is 3. The van der Waals surface area contributed by atoms with Crippen molar-refractivity contribution < 1.29 is 4.79 Å². The van der Waals surface area contributed by atoms with Gasteiger partial charge in [-0.3, -0.25) is 4.79 Å². The van der Waals surface area contributed by atoms with E-state index >= 15 is 0 Å². The summed E-state index contributed by atoms with van der Waals surface area (Å²) in [6.07, 6.45) is 2.48. The van der Waals surface area contributed by atoms with Crippen molar-refractivity contribution in [2.24, 2.45) is 5.10 Å². The number of hydrogen-bond acceptors (Lipinski definition) is 2. The normalized spacial score (nSPS) is 17.5. The van der Waals surface area contributed by atoms with Crippen LogP contribution in [0.3, 0.4) is 0 Å². The maximum Gasteiger partial charge on any atom is 0.248 e. The van der Waals surface area contributed by atoms with E-state index in [4.69, 9.17) is 0 Å². The van der Waals surface area contributed by atoms with Crippen molar-refractivity contribution in [1.82, 2.24) is 5.01 Å². The van der Waals surface area contributed by atoms with E-state index in [1.54, 1.807) is 5.01 Å². The Morgan fingerprint density at radius 1 is 1.50 bits per heavy atom. The zero-order valence-electron chi connectivity index (χ0n) is 8.00. The van der Waals surface area contributed by atoms with E-state index in [1.165, 1.54) is 0 Å². The molecule has 3 heteroatoms. The molecule has 1 amide bonds. The van der Waals surface area contributed by atoms with Crippen molar-refractivity contribution in [2.45, 2.75) is 46.1 Å². The highest BCUT2D eigenvalue weighted by atomic mass is 16.2. The van der Waals surface area contributed by atoms with E-state index in [0.29, 0.717) is 12.5 Å². The average Bonchev–Trinajstić information content (AvgIpc) is 2.34. The zero-order chi connectivity index (χ0) is 9.14. The molecule has 3 nitrogen and oxygen atoms in total. The van der Waals surface area contributed by atoms with E-state index in [2.05, 4.69) is 18.9 Å². The molecule has 0 atom stereocenters. The minimum absolute atomic E-state index is 0.154. The van der Waals surface area contributed by atoms with E-state index < -0.39 is 0 Å². The van der Waals surface area contributed by atoms with Crippen LogP contribution in [0.5, 0.6) is 0 Å². The fourth-order valence-corrected chi connectivity index (χ4v) is 1.49. The second kappa shape index (κ2) is 3.70. The minimum Gasteiger partial charge on any atom is -0.273 e. The first kappa shape index (κ1) is 9.23. The Labute approximate surface area is 73.4 Å². The minimum atomic E-state index is 0.154. The van der Waals surface area contributed by atoms with E-state index in [1.807, 2.05) is 6.92 Å². The number of amides is 1. The predicted octanol–water partition coefficient (Wildman–Crippen LogP) is 1.78. The smallest absolute Gasteiger partial charge is 0.248 e. The molecule has 0 bridgehead atoms. The lowest BCUT2D eigenvalue weighted by Gasteiger charge is -2.21. The van der Waals surface area contributed by atoms with Gasteiger partial charge in [-0.2, -0.15) is 5.10 Å². The molecule has 0 aromatic carbocycles. The highest BCUT2D eigenvalue weighted by Crippen LogP contribution is 2.16. The van der Waals surface area contributed by atoms with Gasteiger partial charge >= 0.3 is 0 Å². The standard InChI is InChI=1S/C9H16N2O/c1-4-8(5-2)11-9(12)6-7(3)10-11/h8H,4-6H2,1-3H3. The van der Waals surface area contributed by atoms with Crippen molar-refractivity contribution in [3.63, 3.8) is 0 Å². The molecule has 1 aliphatic rings. The molecule has 0 N–H and O–H groups in total. The Balaban J connectivity index is 2.67. The molecule has 1 rings (SSSR count). The zero-order valence-corrected chi connectivity index (χ0v) is 8.00. The highest BCUT2D eigenvalue weighted by molar-refractivity contribution is 6.03. The Bertz CT molecular complexity index is 207. The monoisotopic (exact) mass is 168 g/mol. The van der Waals surface area contributed by atoms with Crippen LogP contribution >= 0.6 is 0 Å². The summed E-state index contributed by atoms with van der Waals surface area (Å²) in [7, 11) is 0. The van der Waals surface area contributed by atoms with Crippen molar-refractivity contribution in [3.8, 4) is 0 Å². The van der Waals surface area contributed by atoms with Gasteiger partial charge in [0.05, 0.1) is 12.5 Å². The third-order valence-corrected chi connectivity index (χ3v) is 2.23. The van der Waals surface area contributed by atoms with Crippen LogP contribution in [-0.4, -0.2) is 22.7 Å². The van der Waals surface area contributed by atoms with Crippen LogP contribution in [0.1, 0.15) is 40.0 Å². The Morgan fingerprint density at radius 3 is 2.42 bits per heavy atom. The molecule has 0 aromatic rings. The third kappa shape index (κ3) is 1.65. The Kier molecular flexibility index (Phi) is 2.84.